The minimum atomic E-state index is -1.27. The van der Waals surface area contributed by atoms with Crippen LogP contribution >= 0.6 is 0 Å². The Kier molecular flexibility index (Phi) is 6.52. The lowest BCUT2D eigenvalue weighted by atomic mass is 9.75. The van der Waals surface area contributed by atoms with E-state index in [1.54, 1.807) is 78.0 Å². The van der Waals surface area contributed by atoms with Gasteiger partial charge in [-0.2, -0.15) is 0 Å². The number of hydrogen-bond acceptors (Lipinski definition) is 7. The van der Waals surface area contributed by atoms with E-state index in [0.29, 0.717) is 46.1 Å². The van der Waals surface area contributed by atoms with Crippen molar-refractivity contribution in [2.75, 3.05) is 0 Å². The first-order valence-electron chi connectivity index (χ1n) is 13.5. The van der Waals surface area contributed by atoms with Crippen molar-refractivity contribution in [3.8, 4) is 11.5 Å². The Morgan fingerprint density at radius 3 is 2.30 bits per heavy atom. The number of rotatable bonds is 3. The van der Waals surface area contributed by atoms with E-state index in [0.717, 1.165) is 17.5 Å². The van der Waals surface area contributed by atoms with Gasteiger partial charge in [0.25, 0.3) is 0 Å². The van der Waals surface area contributed by atoms with Crippen LogP contribution < -0.4 is 9.47 Å². The molecule has 2 heterocycles. The van der Waals surface area contributed by atoms with Crippen molar-refractivity contribution in [1.29, 1.82) is 0 Å². The second-order valence-corrected chi connectivity index (χ2v) is 12.3. The third kappa shape index (κ3) is 4.63. The molecule has 208 valence electrons. The van der Waals surface area contributed by atoms with Crippen LogP contribution in [0.25, 0.3) is 0 Å². The number of ether oxygens (including phenoxy) is 4. The molecule has 1 spiro atoms. The van der Waals surface area contributed by atoms with E-state index in [2.05, 4.69) is 6.92 Å². The summed E-state index contributed by atoms with van der Waals surface area (Å²) in [5.74, 6) is 0.178. The number of fused-ring (bicyclic) bond motifs is 5. The van der Waals surface area contributed by atoms with Crippen molar-refractivity contribution in [3.63, 3.8) is 0 Å². The lowest BCUT2D eigenvalue weighted by molar-refractivity contribution is -0.148. The zero-order chi connectivity index (χ0) is 29.0. The molecular weight excluding hydrogens is 508 g/mol. The Labute approximate surface area is 234 Å². The molecule has 0 fully saturated rings. The van der Waals surface area contributed by atoms with Crippen molar-refractivity contribution in [2.24, 2.45) is 10.8 Å². The third-order valence-corrected chi connectivity index (χ3v) is 7.14. The van der Waals surface area contributed by atoms with Crippen molar-refractivity contribution in [1.82, 2.24) is 0 Å². The molecule has 5 rings (SSSR count). The van der Waals surface area contributed by atoms with Crippen LogP contribution in [0.3, 0.4) is 0 Å². The van der Waals surface area contributed by atoms with Gasteiger partial charge in [0.05, 0.1) is 16.4 Å². The highest BCUT2D eigenvalue weighted by molar-refractivity contribution is 5.97. The van der Waals surface area contributed by atoms with Gasteiger partial charge in [-0.1, -0.05) is 25.1 Å². The first-order chi connectivity index (χ1) is 18.7. The fourth-order valence-electron chi connectivity index (χ4n) is 4.83. The van der Waals surface area contributed by atoms with Gasteiger partial charge in [0.15, 0.2) is 5.60 Å². The molecule has 1 atom stereocenters. The summed E-state index contributed by atoms with van der Waals surface area (Å²) in [7, 11) is 0. The predicted octanol–water partition coefficient (Wildman–Crippen LogP) is 6.69. The molecule has 40 heavy (non-hydrogen) atoms. The quantitative estimate of drug-likeness (QED) is 0.315. The van der Waals surface area contributed by atoms with Crippen molar-refractivity contribution in [2.45, 2.75) is 66.9 Å². The summed E-state index contributed by atoms with van der Waals surface area (Å²) in [6.07, 6.45) is 6.40. The lowest BCUT2D eigenvalue weighted by Crippen LogP contribution is -2.35. The molecule has 0 saturated heterocycles. The summed E-state index contributed by atoms with van der Waals surface area (Å²) in [6, 6.07) is 10.8. The molecule has 2 aromatic carbocycles. The number of hydrogen-bond donors (Lipinski definition) is 0. The number of esters is 3. The number of benzene rings is 2. The zero-order valence-electron chi connectivity index (χ0n) is 24.0. The van der Waals surface area contributed by atoms with Gasteiger partial charge in [-0.05, 0) is 84.2 Å². The molecule has 1 aliphatic carbocycles. The van der Waals surface area contributed by atoms with Gasteiger partial charge in [0.1, 0.15) is 23.0 Å². The van der Waals surface area contributed by atoms with Crippen LogP contribution in [0.4, 0.5) is 0 Å². The number of carbonyl (C=O) groups is 3. The Bertz CT molecular complexity index is 1520. The normalized spacial score (nSPS) is 19.6. The SMILES string of the molecule is CCc1ccc2c(c1)C1(OC2=O)C2=C(C=C(OC(=O)C(C)(C)C)C=CC2)Oc2cc(OC(=O)C(C)(C)C)ccc21. The number of carbonyl (C=O) groups excluding carboxylic acids is 3. The Morgan fingerprint density at radius 2 is 1.62 bits per heavy atom. The Morgan fingerprint density at radius 1 is 0.925 bits per heavy atom. The minimum absolute atomic E-state index is 0.305. The third-order valence-electron chi connectivity index (χ3n) is 7.14. The van der Waals surface area contributed by atoms with Crippen molar-refractivity contribution >= 4 is 17.9 Å². The van der Waals surface area contributed by atoms with Crippen LogP contribution in [0.2, 0.25) is 0 Å². The van der Waals surface area contributed by atoms with E-state index >= 15 is 0 Å². The smallest absolute Gasteiger partial charge is 0.340 e. The van der Waals surface area contributed by atoms with Gasteiger partial charge in [-0.15, -0.1) is 0 Å². The van der Waals surface area contributed by atoms with Crippen molar-refractivity contribution in [3.05, 3.63) is 94.0 Å². The highest BCUT2D eigenvalue weighted by Crippen LogP contribution is 2.56. The highest BCUT2D eigenvalue weighted by atomic mass is 16.6. The number of aryl methyl sites for hydroxylation is 1. The summed E-state index contributed by atoms with van der Waals surface area (Å²) in [5, 5.41) is 0. The van der Waals surface area contributed by atoms with Crippen LogP contribution in [-0.2, 0) is 31.1 Å². The van der Waals surface area contributed by atoms with Gasteiger partial charge in [0, 0.05) is 28.8 Å². The Balaban J connectivity index is 1.70. The molecule has 3 aliphatic rings. The fourth-order valence-corrected chi connectivity index (χ4v) is 4.83. The van der Waals surface area contributed by atoms with Gasteiger partial charge in [0.2, 0.25) is 0 Å². The molecule has 2 aromatic rings. The van der Waals surface area contributed by atoms with E-state index < -0.39 is 28.4 Å². The molecule has 2 aliphatic heterocycles. The summed E-state index contributed by atoms with van der Waals surface area (Å²) in [5.41, 5.74) is 0.922. The van der Waals surface area contributed by atoms with E-state index in [1.807, 2.05) is 18.2 Å². The molecule has 0 N–H and O–H groups in total. The Hall–Kier alpha value is -4.13. The van der Waals surface area contributed by atoms with Gasteiger partial charge >= 0.3 is 17.9 Å². The average Bonchev–Trinajstić information content (AvgIpc) is 3.01. The standard InChI is InChI=1S/C33H34O7/c1-8-19-12-14-22-25(16-19)33(40-28(22)34)23-11-9-10-20(37-29(35)31(2,3)4)17-26(23)39-27-18-21(13-15-24(27)33)38-30(36)32(5,6)7/h9-10,12-18H,8,11H2,1-7H3. The topological polar surface area (TPSA) is 88.1 Å². The van der Waals surface area contributed by atoms with Crippen molar-refractivity contribution < 1.29 is 33.3 Å². The molecule has 0 amide bonds. The predicted molar refractivity (Wildman–Crippen MR) is 149 cm³/mol. The molecule has 7 nitrogen and oxygen atoms in total. The molecular formula is C33H34O7. The molecule has 0 saturated carbocycles. The van der Waals surface area contributed by atoms with Gasteiger partial charge in [-0.25, -0.2) is 4.79 Å². The molecule has 0 aromatic heterocycles. The summed E-state index contributed by atoms with van der Waals surface area (Å²) < 4.78 is 24.1. The van der Waals surface area contributed by atoms with E-state index in [9.17, 15) is 14.4 Å². The van der Waals surface area contributed by atoms with E-state index in [-0.39, 0.29) is 5.97 Å². The largest absolute Gasteiger partial charge is 0.456 e. The maximum absolute atomic E-state index is 13.3. The monoisotopic (exact) mass is 542 g/mol. The molecule has 0 bridgehead atoms. The van der Waals surface area contributed by atoms with Crippen LogP contribution in [0.5, 0.6) is 11.5 Å². The lowest BCUT2D eigenvalue weighted by Gasteiger charge is -2.37. The molecule has 1 unspecified atom stereocenters. The average molecular weight is 543 g/mol. The molecule has 0 radical (unpaired) electrons. The van der Waals surface area contributed by atoms with Crippen LogP contribution in [-0.4, -0.2) is 17.9 Å². The van der Waals surface area contributed by atoms with Crippen LogP contribution in [0.1, 0.15) is 81.9 Å². The maximum atomic E-state index is 13.3. The van der Waals surface area contributed by atoms with E-state index in [1.165, 1.54) is 0 Å². The zero-order valence-corrected chi connectivity index (χ0v) is 24.0. The summed E-state index contributed by atoms with van der Waals surface area (Å²) >= 11 is 0. The highest BCUT2D eigenvalue weighted by Gasteiger charge is 2.54. The van der Waals surface area contributed by atoms with E-state index in [4.69, 9.17) is 18.9 Å². The maximum Gasteiger partial charge on any atom is 0.340 e. The summed E-state index contributed by atoms with van der Waals surface area (Å²) in [6.45, 7) is 12.7. The number of allylic oxidation sites excluding steroid dienone is 3. The van der Waals surface area contributed by atoms with Crippen LogP contribution in [0.15, 0.2) is 71.7 Å². The first-order valence-corrected chi connectivity index (χ1v) is 13.5. The fraction of sp³-hybridized carbons (Fsp3) is 0.364. The van der Waals surface area contributed by atoms with Gasteiger partial charge in [-0.3, -0.25) is 9.59 Å². The second kappa shape index (κ2) is 9.51. The molecule has 7 heteroatoms. The second-order valence-electron chi connectivity index (χ2n) is 12.3. The minimum Gasteiger partial charge on any atom is -0.456 e. The summed E-state index contributed by atoms with van der Waals surface area (Å²) in [4.78, 5) is 38.6. The van der Waals surface area contributed by atoms with Gasteiger partial charge < -0.3 is 18.9 Å². The van der Waals surface area contributed by atoms with Crippen LogP contribution in [0, 0.1) is 10.8 Å². The first kappa shape index (κ1) is 27.4.